The molecule has 0 saturated heterocycles. The summed E-state index contributed by atoms with van der Waals surface area (Å²) in [4.78, 5) is 9.03. The van der Waals surface area contributed by atoms with Gasteiger partial charge in [-0.15, -0.1) is 0 Å². The molecule has 0 bridgehead atoms. The van der Waals surface area contributed by atoms with Crippen LogP contribution in [0.4, 0.5) is 0 Å². The highest BCUT2D eigenvalue weighted by Crippen LogP contribution is 2.05. The zero-order chi connectivity index (χ0) is 19.0. The molecule has 0 heterocycles. The lowest BCUT2D eigenvalue weighted by Gasteiger charge is -2.16. The predicted octanol–water partition coefficient (Wildman–Crippen LogP) is 2.41. The van der Waals surface area contributed by atoms with Crippen molar-refractivity contribution in [2.24, 2.45) is 9.98 Å². The van der Waals surface area contributed by atoms with E-state index < -0.39 is 0 Å². The van der Waals surface area contributed by atoms with Gasteiger partial charge in [-0.1, -0.05) is 47.2 Å². The third kappa shape index (κ3) is 4.60. The van der Waals surface area contributed by atoms with E-state index in [1.807, 2.05) is 72.9 Å². The minimum absolute atomic E-state index is 0.470. The molecule has 4 rings (SSSR count). The molecule has 0 aromatic rings. The average molecular weight is 364 g/mol. The molecule has 4 aliphatic carbocycles. The van der Waals surface area contributed by atoms with Gasteiger partial charge in [0.25, 0.3) is 0 Å². The van der Waals surface area contributed by atoms with Crippen LogP contribution in [0.5, 0.6) is 0 Å². The maximum Gasteiger partial charge on any atom is 0.221 e. The van der Waals surface area contributed by atoms with Gasteiger partial charge < -0.3 is 10.6 Å². The van der Waals surface area contributed by atoms with Gasteiger partial charge in [0.1, 0.15) is 11.4 Å². The summed E-state index contributed by atoms with van der Waals surface area (Å²) in [6.07, 6.45) is 22.3. The fraction of sp³-hybridized carbons (Fsp3) is 0. The Balaban J connectivity index is 1.52. The van der Waals surface area contributed by atoms with Crippen LogP contribution < -0.4 is 21.5 Å². The Morgan fingerprint density at radius 3 is 1.36 bits per heavy atom. The normalized spacial score (nSPS) is 18.0. The molecule has 0 fully saturated rings. The topological polar surface area (TPSA) is 72.8 Å². The highest BCUT2D eigenvalue weighted by Gasteiger charge is 2.07. The molecular formula is C22H16N6. The van der Waals surface area contributed by atoms with Crippen LogP contribution in [0.2, 0.25) is 0 Å². The van der Waals surface area contributed by atoms with Crippen LogP contribution in [0.1, 0.15) is 0 Å². The third-order valence-corrected chi connectivity index (χ3v) is 3.63. The number of nitrogens with one attached hydrogen (secondary N) is 4. The lowest BCUT2D eigenvalue weighted by molar-refractivity contribution is 0.800. The molecule has 4 aliphatic rings. The van der Waals surface area contributed by atoms with Gasteiger partial charge in [-0.25, -0.2) is 9.98 Å². The summed E-state index contributed by atoms with van der Waals surface area (Å²) in [6, 6.07) is 0. The minimum atomic E-state index is 0.470. The molecule has 0 saturated carbocycles. The minimum Gasteiger partial charge on any atom is -0.318 e. The first-order valence-corrected chi connectivity index (χ1v) is 8.62. The van der Waals surface area contributed by atoms with Crippen LogP contribution in [0.15, 0.2) is 129 Å². The number of guanidine groups is 2. The Morgan fingerprint density at radius 1 is 0.571 bits per heavy atom. The first-order chi connectivity index (χ1) is 13.8. The lowest BCUT2D eigenvalue weighted by atomic mass is 10.4. The van der Waals surface area contributed by atoms with Gasteiger partial charge in [0.2, 0.25) is 11.9 Å². The largest absolute Gasteiger partial charge is 0.318 e. The molecule has 0 aliphatic heterocycles. The zero-order valence-corrected chi connectivity index (χ0v) is 14.8. The fourth-order valence-electron chi connectivity index (χ4n) is 2.39. The van der Waals surface area contributed by atoms with Crippen molar-refractivity contribution in [1.82, 2.24) is 21.5 Å². The summed E-state index contributed by atoms with van der Waals surface area (Å²) < 4.78 is 0. The maximum absolute atomic E-state index is 4.52. The molecule has 6 heteroatoms. The summed E-state index contributed by atoms with van der Waals surface area (Å²) in [7, 11) is 0. The zero-order valence-electron chi connectivity index (χ0n) is 14.8. The monoisotopic (exact) mass is 364 g/mol. The van der Waals surface area contributed by atoms with E-state index >= 15 is 0 Å². The number of rotatable bonds is 4. The fourth-order valence-corrected chi connectivity index (χ4v) is 2.39. The number of aliphatic imine (C=N–C) groups is 2. The van der Waals surface area contributed by atoms with E-state index in [-0.39, 0.29) is 0 Å². The standard InChI is InChI=1S/C22H16N6/c1-2-10-17(9-1)23-21(24-18-11-3-4-12-18)27-28-22(25-19-13-5-6-14-19)26-20-15-7-8-16-20/h1-9,11,13,15H,(H2,23,24,27)(H2,25,26,28). The van der Waals surface area contributed by atoms with Gasteiger partial charge >= 0.3 is 0 Å². The van der Waals surface area contributed by atoms with Crippen LogP contribution >= 0.6 is 0 Å². The first-order valence-electron chi connectivity index (χ1n) is 8.62. The van der Waals surface area contributed by atoms with E-state index in [1.54, 1.807) is 0 Å². The molecule has 4 N–H and O–H groups in total. The molecule has 0 unspecified atom stereocenters. The Bertz CT molecular complexity index is 1050. The van der Waals surface area contributed by atoms with Gasteiger partial charge in [-0.05, 0) is 48.6 Å². The summed E-state index contributed by atoms with van der Waals surface area (Å²) in [5.41, 5.74) is 21.3. The van der Waals surface area contributed by atoms with E-state index in [0.29, 0.717) is 23.3 Å². The first kappa shape index (κ1) is 17.0. The number of nitrogens with zero attached hydrogens (tertiary/aromatic N) is 2. The van der Waals surface area contributed by atoms with E-state index in [9.17, 15) is 0 Å². The molecule has 0 aromatic heterocycles. The predicted molar refractivity (Wildman–Crippen MR) is 110 cm³/mol. The van der Waals surface area contributed by atoms with Crippen molar-refractivity contribution in [1.29, 1.82) is 0 Å². The number of hydrogen-bond donors (Lipinski definition) is 4. The van der Waals surface area contributed by atoms with Crippen LogP contribution in [0, 0.1) is 0 Å². The van der Waals surface area contributed by atoms with Crippen LogP contribution in [0.25, 0.3) is 0 Å². The molecule has 6 nitrogen and oxygen atoms in total. The van der Waals surface area contributed by atoms with Gasteiger partial charge in [0, 0.05) is 0 Å². The van der Waals surface area contributed by atoms with Gasteiger partial charge in [-0.3, -0.25) is 10.9 Å². The summed E-state index contributed by atoms with van der Waals surface area (Å²) in [5.74, 6) is 0.940. The summed E-state index contributed by atoms with van der Waals surface area (Å²) in [6.45, 7) is 0. The molecule has 0 radical (unpaired) electrons. The molecule has 28 heavy (non-hydrogen) atoms. The molecule has 0 spiro atoms. The molecule has 0 aromatic carbocycles. The van der Waals surface area contributed by atoms with Gasteiger partial charge in [0.15, 0.2) is 0 Å². The van der Waals surface area contributed by atoms with Crippen LogP contribution in [-0.4, -0.2) is 11.9 Å². The van der Waals surface area contributed by atoms with Crippen LogP contribution in [-0.2, 0) is 0 Å². The van der Waals surface area contributed by atoms with Crippen molar-refractivity contribution in [3.05, 3.63) is 119 Å². The second-order valence-electron chi connectivity index (χ2n) is 5.70. The van der Waals surface area contributed by atoms with Gasteiger partial charge in [-0.2, -0.15) is 0 Å². The summed E-state index contributed by atoms with van der Waals surface area (Å²) in [5, 5.41) is 6.35. The molecular weight excluding hydrogens is 348 g/mol. The molecule has 134 valence electrons. The van der Waals surface area contributed by atoms with E-state index in [1.165, 1.54) is 0 Å². The third-order valence-electron chi connectivity index (χ3n) is 3.63. The van der Waals surface area contributed by atoms with Crippen molar-refractivity contribution in [2.45, 2.75) is 0 Å². The highest BCUT2D eigenvalue weighted by atomic mass is 15.5. The Hall–Kier alpha value is -4.42. The molecule has 0 atom stereocenters. The SMILES string of the molecule is C1=CC=CC=1N=C(NNC(=NC1=C=CC=C1)NC1=C=CC=C1)NC1=C=CC=C1. The van der Waals surface area contributed by atoms with E-state index in [4.69, 9.17) is 0 Å². The smallest absolute Gasteiger partial charge is 0.221 e. The highest BCUT2D eigenvalue weighted by molar-refractivity contribution is 5.89. The summed E-state index contributed by atoms with van der Waals surface area (Å²) >= 11 is 0. The number of hydrazine groups is 1. The maximum atomic E-state index is 4.52. The van der Waals surface area contributed by atoms with E-state index in [2.05, 4.69) is 54.4 Å². The Kier molecular flexibility index (Phi) is 5.05. The second-order valence-corrected chi connectivity index (χ2v) is 5.70. The second kappa shape index (κ2) is 8.31. The quantitative estimate of drug-likeness (QED) is 0.268. The number of allylic oxidation sites excluding steroid dienone is 8. The number of hydrogen-bond acceptors (Lipinski definition) is 2. The van der Waals surface area contributed by atoms with Crippen molar-refractivity contribution in [2.75, 3.05) is 0 Å². The van der Waals surface area contributed by atoms with Crippen LogP contribution in [0.3, 0.4) is 0 Å². The van der Waals surface area contributed by atoms with Crippen molar-refractivity contribution < 1.29 is 0 Å². The van der Waals surface area contributed by atoms with Crippen molar-refractivity contribution in [3.63, 3.8) is 0 Å². The van der Waals surface area contributed by atoms with Gasteiger partial charge in [0.05, 0.1) is 11.4 Å². The molecule has 0 amide bonds. The van der Waals surface area contributed by atoms with Crippen molar-refractivity contribution in [3.8, 4) is 0 Å². The Labute approximate surface area is 162 Å². The average Bonchev–Trinajstić information content (AvgIpc) is 3.47. The Morgan fingerprint density at radius 2 is 1.00 bits per heavy atom. The lowest BCUT2D eigenvalue weighted by Crippen LogP contribution is -2.51. The van der Waals surface area contributed by atoms with E-state index in [0.717, 1.165) is 11.4 Å². The van der Waals surface area contributed by atoms with Crippen molar-refractivity contribution >= 4 is 11.9 Å².